The molecular formula is C46H84NO10P. The number of unbranched alkanes of at least 4 members (excludes halogenated alkanes) is 23. The summed E-state index contributed by atoms with van der Waals surface area (Å²) in [5.74, 6) is -2.41. The summed E-state index contributed by atoms with van der Waals surface area (Å²) in [7, 11) is -4.76. The molecule has 11 nitrogen and oxygen atoms in total. The van der Waals surface area contributed by atoms with Gasteiger partial charge in [-0.2, -0.15) is 0 Å². The van der Waals surface area contributed by atoms with Crippen LogP contribution in [0.3, 0.4) is 0 Å². The molecule has 0 bridgehead atoms. The third kappa shape index (κ3) is 40.5. The number of carbonyl (C=O) groups is 3. The second kappa shape index (κ2) is 41.4. The second-order valence-corrected chi connectivity index (χ2v) is 17.0. The number of aliphatic hydroxyl groups excluding tert-OH is 1. The Morgan fingerprint density at radius 2 is 1.00 bits per heavy atom. The molecule has 3 atom stereocenters. The van der Waals surface area contributed by atoms with Crippen LogP contribution in [-0.2, 0) is 32.7 Å². The summed E-state index contributed by atoms with van der Waals surface area (Å²) in [6.07, 6.45) is 44.7. The van der Waals surface area contributed by atoms with E-state index in [0.29, 0.717) is 12.8 Å². The van der Waals surface area contributed by atoms with E-state index in [-0.39, 0.29) is 12.8 Å². The Labute approximate surface area is 352 Å². The van der Waals surface area contributed by atoms with Crippen LogP contribution < -0.4 is 5.32 Å². The number of phosphoric ester groups is 1. The van der Waals surface area contributed by atoms with Gasteiger partial charge >= 0.3 is 19.8 Å². The zero-order chi connectivity index (χ0) is 42.8. The van der Waals surface area contributed by atoms with E-state index in [1.165, 1.54) is 109 Å². The zero-order valence-corrected chi connectivity index (χ0v) is 37.5. The molecule has 0 heterocycles. The lowest BCUT2D eigenvalue weighted by Crippen LogP contribution is -2.43. The first-order valence-electron chi connectivity index (χ1n) is 23.0. The highest BCUT2D eigenvalue weighted by molar-refractivity contribution is 7.47. The van der Waals surface area contributed by atoms with Gasteiger partial charge < -0.3 is 25.2 Å². The maximum absolute atomic E-state index is 12.3. The van der Waals surface area contributed by atoms with Crippen LogP contribution in [0, 0.1) is 0 Å². The monoisotopic (exact) mass is 842 g/mol. The molecule has 4 N–H and O–H groups in total. The number of aliphatic hydroxyl groups is 1. The van der Waals surface area contributed by atoms with Crippen molar-refractivity contribution in [2.45, 2.75) is 219 Å². The summed E-state index contributed by atoms with van der Waals surface area (Å²) >= 11 is 0. The minimum atomic E-state index is -4.76. The van der Waals surface area contributed by atoms with Crippen LogP contribution in [0.1, 0.15) is 206 Å². The number of rotatable bonds is 43. The van der Waals surface area contributed by atoms with Crippen molar-refractivity contribution in [3.63, 3.8) is 0 Å². The van der Waals surface area contributed by atoms with Gasteiger partial charge in [-0.3, -0.25) is 18.6 Å². The first kappa shape index (κ1) is 55.7. The van der Waals surface area contributed by atoms with Crippen molar-refractivity contribution in [1.29, 1.82) is 0 Å². The molecule has 0 aromatic rings. The average Bonchev–Trinajstić information content (AvgIpc) is 3.20. The Balaban J connectivity index is 3.83. The number of phosphoric acid groups is 1. The molecule has 0 aliphatic heterocycles. The zero-order valence-electron chi connectivity index (χ0n) is 36.6. The fourth-order valence-electron chi connectivity index (χ4n) is 6.39. The van der Waals surface area contributed by atoms with Gasteiger partial charge in [0.1, 0.15) is 12.7 Å². The molecule has 1 amide bonds. The van der Waals surface area contributed by atoms with Crippen molar-refractivity contribution in [3.05, 3.63) is 36.5 Å². The van der Waals surface area contributed by atoms with Crippen LogP contribution in [0.4, 0.5) is 0 Å². The molecule has 58 heavy (non-hydrogen) atoms. The lowest BCUT2D eigenvalue weighted by atomic mass is 10.0. The van der Waals surface area contributed by atoms with Crippen LogP contribution in [-0.4, -0.2) is 64.9 Å². The predicted octanol–water partition coefficient (Wildman–Crippen LogP) is 12.0. The Kier molecular flexibility index (Phi) is 39.8. The third-order valence-electron chi connectivity index (χ3n) is 9.94. The molecule has 0 radical (unpaired) electrons. The summed E-state index contributed by atoms with van der Waals surface area (Å²) < 4.78 is 26.8. The van der Waals surface area contributed by atoms with E-state index >= 15 is 0 Å². The van der Waals surface area contributed by atoms with Crippen molar-refractivity contribution >= 4 is 25.7 Å². The van der Waals surface area contributed by atoms with Crippen LogP contribution in [0.25, 0.3) is 0 Å². The molecule has 0 aromatic carbocycles. The fraction of sp³-hybridized carbons (Fsp3) is 0.804. The number of hydrogen-bond donors (Lipinski definition) is 4. The minimum Gasteiger partial charge on any atom is -0.480 e. The number of hydrogen-bond acceptors (Lipinski definition) is 8. The fourth-order valence-corrected chi connectivity index (χ4v) is 7.16. The van der Waals surface area contributed by atoms with Crippen molar-refractivity contribution in [1.82, 2.24) is 5.32 Å². The number of carbonyl (C=O) groups excluding carboxylic acids is 2. The molecule has 0 spiro atoms. The van der Waals surface area contributed by atoms with Gasteiger partial charge in [0.15, 0.2) is 6.04 Å². The van der Waals surface area contributed by atoms with Crippen molar-refractivity contribution < 1.29 is 47.8 Å². The number of allylic oxidation sites excluding steroid dienone is 6. The third-order valence-corrected chi connectivity index (χ3v) is 10.9. The molecule has 0 rings (SSSR count). The van der Waals surface area contributed by atoms with Gasteiger partial charge in [-0.15, -0.1) is 0 Å². The van der Waals surface area contributed by atoms with Crippen LogP contribution >= 0.6 is 7.82 Å². The van der Waals surface area contributed by atoms with Gasteiger partial charge in [0.25, 0.3) is 0 Å². The quantitative estimate of drug-likeness (QED) is 0.0201. The molecule has 3 unspecified atom stereocenters. The number of ether oxygens (including phenoxy) is 1. The highest BCUT2D eigenvalue weighted by Gasteiger charge is 2.28. The van der Waals surface area contributed by atoms with Crippen molar-refractivity contribution in [2.24, 2.45) is 0 Å². The summed E-state index contributed by atoms with van der Waals surface area (Å²) in [5, 5.41) is 21.8. The summed E-state index contributed by atoms with van der Waals surface area (Å²) in [6, 6.07) is -1.56. The Morgan fingerprint density at radius 3 is 1.50 bits per heavy atom. The lowest BCUT2D eigenvalue weighted by molar-refractivity contribution is -0.147. The van der Waals surface area contributed by atoms with Gasteiger partial charge in [-0.05, 0) is 44.9 Å². The van der Waals surface area contributed by atoms with E-state index in [1.807, 2.05) is 0 Å². The SMILES string of the molecule is CC/C=C\C/C=C\C/C=C\CCCCCC(=O)NC(COP(=O)(O)OCC(O)COC(=O)CCCCCCCCCCCCCCCCCCCCCCC)C(=O)O. The van der Waals surface area contributed by atoms with E-state index in [2.05, 4.69) is 55.6 Å². The van der Waals surface area contributed by atoms with Crippen LogP contribution in [0.15, 0.2) is 36.5 Å². The first-order chi connectivity index (χ1) is 28.1. The molecule has 338 valence electrons. The lowest BCUT2D eigenvalue weighted by Gasteiger charge is -2.18. The van der Waals surface area contributed by atoms with Gasteiger partial charge in [-0.1, -0.05) is 185 Å². The number of esters is 1. The molecule has 0 aliphatic carbocycles. The van der Waals surface area contributed by atoms with Gasteiger partial charge in [-0.25, -0.2) is 9.36 Å². The van der Waals surface area contributed by atoms with Crippen LogP contribution in [0.2, 0.25) is 0 Å². The molecule has 12 heteroatoms. The highest BCUT2D eigenvalue weighted by Crippen LogP contribution is 2.43. The largest absolute Gasteiger partial charge is 0.480 e. The molecule has 0 saturated carbocycles. The maximum Gasteiger partial charge on any atom is 0.472 e. The van der Waals surface area contributed by atoms with E-state index < -0.39 is 57.6 Å². The number of aliphatic carboxylic acids is 1. The summed E-state index contributed by atoms with van der Waals surface area (Å²) in [6.45, 7) is 2.47. The summed E-state index contributed by atoms with van der Waals surface area (Å²) in [5.41, 5.74) is 0. The smallest absolute Gasteiger partial charge is 0.472 e. The average molecular weight is 842 g/mol. The number of amides is 1. The minimum absolute atomic E-state index is 0.110. The van der Waals surface area contributed by atoms with E-state index in [9.17, 15) is 34.1 Å². The maximum atomic E-state index is 12.3. The van der Waals surface area contributed by atoms with E-state index in [1.54, 1.807) is 0 Å². The first-order valence-corrected chi connectivity index (χ1v) is 24.5. The predicted molar refractivity (Wildman–Crippen MR) is 236 cm³/mol. The highest BCUT2D eigenvalue weighted by atomic mass is 31.2. The second-order valence-electron chi connectivity index (χ2n) is 15.6. The van der Waals surface area contributed by atoms with Gasteiger partial charge in [0.05, 0.1) is 13.2 Å². The molecule has 0 saturated heterocycles. The number of nitrogens with one attached hydrogen (secondary N) is 1. The molecule has 0 fully saturated rings. The van der Waals surface area contributed by atoms with Crippen molar-refractivity contribution in [3.8, 4) is 0 Å². The Hall–Kier alpha value is -2.30. The Bertz CT molecular complexity index is 1130. The van der Waals surface area contributed by atoms with Gasteiger partial charge in [0.2, 0.25) is 5.91 Å². The van der Waals surface area contributed by atoms with Gasteiger partial charge in [0, 0.05) is 12.8 Å². The topological polar surface area (TPSA) is 169 Å². The number of carboxylic acid groups (broad SMARTS) is 1. The van der Waals surface area contributed by atoms with Crippen LogP contribution in [0.5, 0.6) is 0 Å². The van der Waals surface area contributed by atoms with E-state index in [0.717, 1.165) is 57.8 Å². The standard InChI is InChI=1S/C46H84NO10P/c1-3-5-7-9-11-13-15-17-18-19-20-21-22-23-24-26-28-30-32-34-36-38-45(50)55-39-42(48)40-56-58(53,54)57-41-43(46(51)52)47-44(49)37-35-33-31-29-27-25-16-14-12-10-8-6-4-2/h6,8,12,14,25,27,42-43,48H,3-5,7,9-11,13,15-24,26,28-41H2,1-2H3,(H,47,49)(H,51,52)(H,53,54)/b8-6-,14-12-,27-25-. The molecular weight excluding hydrogens is 757 g/mol. The summed E-state index contributed by atoms with van der Waals surface area (Å²) in [4.78, 5) is 45.9. The van der Waals surface area contributed by atoms with Crippen molar-refractivity contribution in [2.75, 3.05) is 19.8 Å². The number of carboxylic acids is 1. The Morgan fingerprint density at radius 1 is 0.569 bits per heavy atom. The molecule has 0 aromatic heterocycles. The van der Waals surface area contributed by atoms with E-state index in [4.69, 9.17) is 13.8 Å². The molecule has 0 aliphatic rings. The normalized spacial score (nSPS) is 14.0.